The van der Waals surface area contributed by atoms with Crippen LogP contribution >= 0.6 is 0 Å². The number of anilines is 1. The van der Waals surface area contributed by atoms with Crippen LogP contribution in [0.3, 0.4) is 0 Å². The van der Waals surface area contributed by atoms with E-state index in [1.165, 1.54) is 19.2 Å². The van der Waals surface area contributed by atoms with Crippen LogP contribution in [0.25, 0.3) is 33.2 Å². The zero-order valence-corrected chi connectivity index (χ0v) is 23.4. The Morgan fingerprint density at radius 2 is 1.66 bits per heavy atom. The van der Waals surface area contributed by atoms with Gasteiger partial charge in [-0.15, -0.1) is 0 Å². The Balaban J connectivity index is 1.49. The maximum atomic E-state index is 13.3. The molecule has 0 aliphatic carbocycles. The summed E-state index contributed by atoms with van der Waals surface area (Å²) < 4.78 is 47.1. The van der Waals surface area contributed by atoms with Crippen molar-refractivity contribution in [3.05, 3.63) is 103 Å². The molecule has 10 heteroatoms. The number of aromatic nitrogens is 2. The minimum absolute atomic E-state index is 0.0844. The minimum Gasteiger partial charge on any atom is -0.480 e. The SMILES string of the molecule is COc1ncc(-c2ccc3nccc(-c4ccc(CN(C)CCO)cc4)c3c2)cc1NS(=O)(=O)c1ccc(F)cc1. The Hall–Kier alpha value is -4.38. The van der Waals surface area contributed by atoms with Gasteiger partial charge in [0, 0.05) is 36.4 Å². The summed E-state index contributed by atoms with van der Waals surface area (Å²) in [7, 11) is -0.644. The van der Waals surface area contributed by atoms with Crippen LogP contribution < -0.4 is 9.46 Å². The van der Waals surface area contributed by atoms with E-state index in [0.29, 0.717) is 12.1 Å². The molecule has 2 N–H and O–H groups in total. The molecule has 210 valence electrons. The first kappa shape index (κ1) is 28.2. The lowest BCUT2D eigenvalue weighted by Gasteiger charge is -2.15. The lowest BCUT2D eigenvalue weighted by atomic mass is 9.97. The van der Waals surface area contributed by atoms with Crippen molar-refractivity contribution in [3.63, 3.8) is 0 Å². The topological polar surface area (TPSA) is 105 Å². The molecular weight excluding hydrogens is 543 g/mol. The fourth-order valence-electron chi connectivity index (χ4n) is 4.59. The van der Waals surface area contributed by atoms with E-state index in [9.17, 15) is 12.8 Å². The van der Waals surface area contributed by atoms with Gasteiger partial charge in [-0.05, 0) is 77.8 Å². The zero-order chi connectivity index (χ0) is 29.0. The van der Waals surface area contributed by atoms with Crippen molar-refractivity contribution >= 4 is 26.6 Å². The minimum atomic E-state index is -4.02. The van der Waals surface area contributed by atoms with Gasteiger partial charge in [-0.1, -0.05) is 30.3 Å². The third-order valence-electron chi connectivity index (χ3n) is 6.69. The van der Waals surface area contributed by atoms with Crippen LogP contribution in [0.5, 0.6) is 5.88 Å². The van der Waals surface area contributed by atoms with Gasteiger partial charge in [-0.3, -0.25) is 14.6 Å². The maximum absolute atomic E-state index is 13.3. The third-order valence-corrected chi connectivity index (χ3v) is 8.07. The number of aliphatic hydroxyl groups excluding tert-OH is 1. The van der Waals surface area contributed by atoms with Gasteiger partial charge >= 0.3 is 0 Å². The van der Waals surface area contributed by atoms with Crippen LogP contribution in [-0.2, 0) is 16.6 Å². The van der Waals surface area contributed by atoms with Crippen molar-refractivity contribution in [2.45, 2.75) is 11.4 Å². The monoisotopic (exact) mass is 572 g/mol. The molecule has 0 aliphatic heterocycles. The predicted molar refractivity (Wildman–Crippen MR) is 158 cm³/mol. The Morgan fingerprint density at radius 1 is 0.927 bits per heavy atom. The molecule has 0 spiro atoms. The fourth-order valence-corrected chi connectivity index (χ4v) is 5.64. The van der Waals surface area contributed by atoms with Crippen LogP contribution in [-0.4, -0.2) is 55.7 Å². The zero-order valence-electron chi connectivity index (χ0n) is 22.6. The summed E-state index contributed by atoms with van der Waals surface area (Å²) in [6.07, 6.45) is 3.39. The molecular formula is C31H29FN4O4S. The van der Waals surface area contributed by atoms with Gasteiger partial charge < -0.3 is 9.84 Å². The number of hydrogen-bond acceptors (Lipinski definition) is 7. The molecule has 2 heterocycles. The molecule has 8 nitrogen and oxygen atoms in total. The van der Waals surface area contributed by atoms with Crippen molar-refractivity contribution in [3.8, 4) is 28.1 Å². The summed E-state index contributed by atoms with van der Waals surface area (Å²) in [5, 5.41) is 10.1. The van der Waals surface area contributed by atoms with Gasteiger partial charge in [0.15, 0.2) is 0 Å². The fraction of sp³-hybridized carbons (Fsp3) is 0.161. The average Bonchev–Trinajstić information content (AvgIpc) is 2.97. The van der Waals surface area contributed by atoms with Crippen molar-refractivity contribution in [1.29, 1.82) is 0 Å². The molecule has 3 aromatic carbocycles. The highest BCUT2D eigenvalue weighted by molar-refractivity contribution is 7.92. The van der Waals surface area contributed by atoms with Gasteiger partial charge in [0.25, 0.3) is 10.0 Å². The number of fused-ring (bicyclic) bond motifs is 1. The maximum Gasteiger partial charge on any atom is 0.262 e. The number of pyridine rings is 2. The smallest absolute Gasteiger partial charge is 0.262 e. The van der Waals surface area contributed by atoms with Gasteiger partial charge in [0.2, 0.25) is 5.88 Å². The van der Waals surface area contributed by atoms with Gasteiger partial charge in [-0.2, -0.15) is 0 Å². The van der Waals surface area contributed by atoms with E-state index in [0.717, 1.165) is 51.8 Å². The molecule has 0 atom stereocenters. The van der Waals surface area contributed by atoms with Crippen LogP contribution in [0, 0.1) is 5.82 Å². The number of methoxy groups -OCH3 is 1. The Kier molecular flexibility index (Phi) is 8.25. The molecule has 0 aliphatic rings. The first-order valence-electron chi connectivity index (χ1n) is 12.9. The van der Waals surface area contributed by atoms with Crippen molar-refractivity contribution < 1.29 is 22.7 Å². The summed E-state index contributed by atoms with van der Waals surface area (Å²) >= 11 is 0. The highest BCUT2D eigenvalue weighted by Crippen LogP contribution is 2.34. The summed E-state index contributed by atoms with van der Waals surface area (Å²) in [6, 6.07) is 22.3. The standard InChI is InChI=1S/C31H29FN4O4S/c1-36(15-16-37)20-21-3-5-22(6-4-21)27-13-14-33-29-12-7-23(17-28(27)29)24-18-30(31(40-2)34-19-24)35-41(38,39)26-10-8-25(32)9-11-26/h3-14,17-19,35,37H,15-16,20H2,1-2H3. The molecule has 0 bridgehead atoms. The van der Waals surface area contributed by atoms with Gasteiger partial charge in [0.05, 0.1) is 24.1 Å². The quantitative estimate of drug-likeness (QED) is 0.233. The number of ether oxygens (including phenoxy) is 1. The third kappa shape index (κ3) is 6.35. The molecule has 0 radical (unpaired) electrons. The Labute approximate surface area is 238 Å². The number of likely N-dealkylation sites (N-methyl/N-ethyl adjacent to an activating group) is 1. The molecule has 5 aromatic rings. The molecule has 5 rings (SSSR count). The van der Waals surface area contributed by atoms with E-state index in [1.807, 2.05) is 31.3 Å². The second kappa shape index (κ2) is 12.0. The van der Waals surface area contributed by atoms with Gasteiger partial charge in [-0.25, -0.2) is 17.8 Å². The molecule has 0 unspecified atom stereocenters. The average molecular weight is 573 g/mol. The number of halogens is 1. The first-order valence-corrected chi connectivity index (χ1v) is 14.4. The van der Waals surface area contributed by atoms with E-state index in [2.05, 4.69) is 43.9 Å². The molecule has 0 amide bonds. The van der Waals surface area contributed by atoms with Crippen molar-refractivity contribution in [2.24, 2.45) is 0 Å². The highest BCUT2D eigenvalue weighted by Gasteiger charge is 2.18. The van der Waals surface area contributed by atoms with E-state index >= 15 is 0 Å². The van der Waals surface area contributed by atoms with Crippen LogP contribution in [0.1, 0.15) is 5.56 Å². The van der Waals surface area contributed by atoms with E-state index in [4.69, 9.17) is 9.84 Å². The number of nitrogens with zero attached hydrogens (tertiary/aromatic N) is 3. The van der Waals surface area contributed by atoms with E-state index in [-0.39, 0.29) is 23.1 Å². The van der Waals surface area contributed by atoms with Crippen LogP contribution in [0.4, 0.5) is 10.1 Å². The Morgan fingerprint density at radius 3 is 2.37 bits per heavy atom. The van der Waals surface area contributed by atoms with E-state index < -0.39 is 15.8 Å². The predicted octanol–water partition coefficient (Wildman–Crippen LogP) is 5.34. The summed E-state index contributed by atoms with van der Waals surface area (Å²) in [5.41, 5.74) is 5.63. The summed E-state index contributed by atoms with van der Waals surface area (Å²) in [6.45, 7) is 1.46. The number of rotatable bonds is 10. The Bertz CT molecular complexity index is 1780. The largest absolute Gasteiger partial charge is 0.480 e. The highest BCUT2D eigenvalue weighted by atomic mass is 32.2. The number of hydrogen-bond donors (Lipinski definition) is 2. The van der Waals surface area contributed by atoms with Gasteiger partial charge in [0.1, 0.15) is 11.5 Å². The first-order chi connectivity index (χ1) is 19.8. The number of sulfonamides is 1. The second-order valence-electron chi connectivity index (χ2n) is 9.59. The van der Waals surface area contributed by atoms with Crippen LogP contribution in [0.15, 0.2) is 96.2 Å². The molecule has 41 heavy (non-hydrogen) atoms. The molecule has 0 fully saturated rings. The van der Waals surface area contributed by atoms with Crippen molar-refractivity contribution in [2.75, 3.05) is 32.0 Å². The summed E-state index contributed by atoms with van der Waals surface area (Å²) in [4.78, 5) is 10.8. The molecule has 2 aromatic heterocycles. The molecule has 0 saturated heterocycles. The van der Waals surface area contributed by atoms with E-state index in [1.54, 1.807) is 18.5 Å². The lowest BCUT2D eigenvalue weighted by Crippen LogP contribution is -2.21. The summed E-state index contributed by atoms with van der Waals surface area (Å²) in [5.74, 6) is -0.427. The number of nitrogens with one attached hydrogen (secondary N) is 1. The second-order valence-corrected chi connectivity index (χ2v) is 11.3. The van der Waals surface area contributed by atoms with Crippen LogP contribution in [0.2, 0.25) is 0 Å². The lowest BCUT2D eigenvalue weighted by molar-refractivity contribution is 0.217. The number of aliphatic hydroxyl groups is 1. The molecule has 0 saturated carbocycles. The normalized spacial score (nSPS) is 11.6. The van der Waals surface area contributed by atoms with Crippen molar-refractivity contribution in [1.82, 2.24) is 14.9 Å². The number of benzene rings is 3.